The van der Waals surface area contributed by atoms with Gasteiger partial charge in [-0.1, -0.05) is 12.1 Å². The Balaban J connectivity index is 2.07. The van der Waals surface area contributed by atoms with Crippen molar-refractivity contribution in [1.29, 1.82) is 0 Å². The second-order valence-electron chi connectivity index (χ2n) is 4.52. The van der Waals surface area contributed by atoms with Crippen LogP contribution in [0.1, 0.15) is 17.7 Å². The normalized spacial score (nSPS) is 11.4. The highest BCUT2D eigenvalue weighted by Gasteiger charge is 2.32. The summed E-state index contributed by atoms with van der Waals surface area (Å²) in [5, 5.41) is 9.62. The number of rotatable bonds is 5. The van der Waals surface area contributed by atoms with Crippen LogP contribution < -0.4 is 11.1 Å². The van der Waals surface area contributed by atoms with Crippen molar-refractivity contribution < 1.29 is 13.2 Å². The van der Waals surface area contributed by atoms with E-state index in [1.807, 2.05) is 24.3 Å². The first-order valence-corrected chi connectivity index (χ1v) is 6.46. The molecule has 0 amide bonds. The van der Waals surface area contributed by atoms with Gasteiger partial charge >= 0.3 is 6.18 Å². The summed E-state index contributed by atoms with van der Waals surface area (Å²) < 4.78 is 37.2. The van der Waals surface area contributed by atoms with Crippen LogP contribution >= 0.6 is 0 Å². The van der Waals surface area contributed by atoms with E-state index in [0.29, 0.717) is 6.54 Å². The van der Waals surface area contributed by atoms with Crippen molar-refractivity contribution in [3.05, 3.63) is 47.7 Å². The van der Waals surface area contributed by atoms with Gasteiger partial charge in [0, 0.05) is 5.69 Å². The van der Waals surface area contributed by atoms with Gasteiger partial charge in [-0.3, -0.25) is 0 Å². The zero-order chi connectivity index (χ0) is 15.3. The lowest BCUT2D eigenvalue weighted by Gasteiger charge is -2.08. The van der Waals surface area contributed by atoms with Crippen molar-refractivity contribution >= 4 is 11.5 Å². The lowest BCUT2D eigenvalue weighted by Crippen LogP contribution is -2.09. The Kier molecular flexibility index (Phi) is 4.74. The molecule has 1 aromatic carbocycles. The van der Waals surface area contributed by atoms with Crippen molar-refractivity contribution in [1.82, 2.24) is 10.2 Å². The first-order valence-electron chi connectivity index (χ1n) is 6.46. The number of nitrogens with zero attached hydrogens (tertiary/aromatic N) is 2. The molecular formula is C14H15F3N4. The first-order chi connectivity index (χ1) is 9.99. The summed E-state index contributed by atoms with van der Waals surface area (Å²) in [5.74, 6) is 0.263. The molecule has 21 heavy (non-hydrogen) atoms. The molecule has 4 nitrogen and oxygen atoms in total. The van der Waals surface area contributed by atoms with Gasteiger partial charge in [0.05, 0.1) is 0 Å². The average Bonchev–Trinajstić information content (AvgIpc) is 2.45. The molecule has 0 saturated carbocycles. The third kappa shape index (κ3) is 4.42. The van der Waals surface area contributed by atoms with Crippen molar-refractivity contribution in [3.8, 4) is 0 Å². The molecule has 0 saturated heterocycles. The van der Waals surface area contributed by atoms with Crippen LogP contribution in [0.3, 0.4) is 0 Å². The predicted molar refractivity (Wildman–Crippen MR) is 74.1 cm³/mol. The van der Waals surface area contributed by atoms with E-state index in [4.69, 9.17) is 5.73 Å². The molecule has 0 aliphatic heterocycles. The first kappa shape index (κ1) is 15.2. The summed E-state index contributed by atoms with van der Waals surface area (Å²) in [6.07, 6.45) is -2.75. The quantitative estimate of drug-likeness (QED) is 0.889. The molecule has 1 heterocycles. The SMILES string of the molecule is NCCCc1cccc(Nc2ccc(C(F)(F)F)nn2)c1. The summed E-state index contributed by atoms with van der Waals surface area (Å²) in [6.45, 7) is 0.613. The number of nitrogens with two attached hydrogens (primary N) is 1. The molecule has 0 unspecified atom stereocenters. The monoisotopic (exact) mass is 296 g/mol. The number of hydrogen-bond acceptors (Lipinski definition) is 4. The topological polar surface area (TPSA) is 63.8 Å². The number of hydrogen-bond donors (Lipinski definition) is 2. The van der Waals surface area contributed by atoms with Crippen molar-refractivity contribution in [3.63, 3.8) is 0 Å². The average molecular weight is 296 g/mol. The summed E-state index contributed by atoms with van der Waals surface area (Å²) in [7, 11) is 0. The van der Waals surface area contributed by atoms with Gasteiger partial charge in [0.15, 0.2) is 11.5 Å². The highest BCUT2D eigenvalue weighted by atomic mass is 19.4. The minimum absolute atomic E-state index is 0.263. The zero-order valence-electron chi connectivity index (χ0n) is 11.2. The molecule has 0 radical (unpaired) electrons. The molecule has 2 rings (SSSR count). The third-order valence-electron chi connectivity index (χ3n) is 2.82. The van der Waals surface area contributed by atoms with E-state index in [0.717, 1.165) is 30.2 Å². The lowest BCUT2D eigenvalue weighted by atomic mass is 10.1. The van der Waals surface area contributed by atoms with Gasteiger partial charge in [-0.2, -0.15) is 13.2 Å². The molecule has 1 aromatic heterocycles. The van der Waals surface area contributed by atoms with Crippen LogP contribution in [0.2, 0.25) is 0 Å². The highest BCUT2D eigenvalue weighted by Crippen LogP contribution is 2.27. The number of aryl methyl sites for hydroxylation is 1. The lowest BCUT2D eigenvalue weighted by molar-refractivity contribution is -0.141. The number of benzene rings is 1. The van der Waals surface area contributed by atoms with Crippen LogP contribution in [-0.4, -0.2) is 16.7 Å². The standard InChI is InChI=1S/C14H15F3N4/c15-14(16,17)12-6-7-13(21-20-12)19-11-5-1-3-10(9-11)4-2-8-18/h1,3,5-7,9H,2,4,8,18H2,(H,19,21). The summed E-state index contributed by atoms with van der Waals surface area (Å²) >= 11 is 0. The van der Waals surface area contributed by atoms with E-state index < -0.39 is 11.9 Å². The summed E-state index contributed by atoms with van der Waals surface area (Å²) in [6, 6.07) is 9.71. The van der Waals surface area contributed by atoms with Gasteiger partial charge in [0.2, 0.25) is 0 Å². The Bertz CT molecular complexity index is 582. The van der Waals surface area contributed by atoms with Gasteiger partial charge in [0.1, 0.15) is 0 Å². The minimum atomic E-state index is -4.48. The van der Waals surface area contributed by atoms with Crippen LogP contribution in [0.4, 0.5) is 24.7 Å². The van der Waals surface area contributed by atoms with Gasteiger partial charge in [-0.15, -0.1) is 10.2 Å². The van der Waals surface area contributed by atoms with E-state index in [-0.39, 0.29) is 5.82 Å². The zero-order valence-corrected chi connectivity index (χ0v) is 11.2. The van der Waals surface area contributed by atoms with Gasteiger partial charge < -0.3 is 11.1 Å². The summed E-state index contributed by atoms with van der Waals surface area (Å²) in [5.41, 5.74) is 6.30. The maximum atomic E-state index is 12.4. The molecule has 0 atom stereocenters. The molecular weight excluding hydrogens is 281 g/mol. The fraction of sp³-hybridized carbons (Fsp3) is 0.286. The van der Waals surface area contributed by atoms with Crippen molar-refractivity contribution in [2.75, 3.05) is 11.9 Å². The van der Waals surface area contributed by atoms with E-state index in [1.165, 1.54) is 6.07 Å². The highest BCUT2D eigenvalue weighted by molar-refractivity contribution is 5.56. The Morgan fingerprint density at radius 1 is 1.10 bits per heavy atom. The van der Waals surface area contributed by atoms with E-state index in [9.17, 15) is 13.2 Å². The smallest absolute Gasteiger partial charge is 0.339 e. The maximum Gasteiger partial charge on any atom is 0.435 e. The molecule has 2 aromatic rings. The Hall–Kier alpha value is -2.15. The van der Waals surface area contributed by atoms with Crippen LogP contribution in [0.15, 0.2) is 36.4 Å². The number of nitrogens with one attached hydrogen (secondary N) is 1. The second kappa shape index (κ2) is 6.53. The third-order valence-corrected chi connectivity index (χ3v) is 2.82. The molecule has 0 aliphatic rings. The Morgan fingerprint density at radius 2 is 1.90 bits per heavy atom. The fourth-order valence-electron chi connectivity index (χ4n) is 1.81. The van der Waals surface area contributed by atoms with Crippen LogP contribution in [-0.2, 0) is 12.6 Å². The molecule has 112 valence electrons. The summed E-state index contributed by atoms with van der Waals surface area (Å²) in [4.78, 5) is 0. The van der Waals surface area contributed by atoms with E-state index in [1.54, 1.807) is 0 Å². The molecule has 3 N–H and O–H groups in total. The number of alkyl halides is 3. The number of anilines is 2. The van der Waals surface area contributed by atoms with E-state index >= 15 is 0 Å². The van der Waals surface area contributed by atoms with E-state index in [2.05, 4.69) is 15.5 Å². The molecule has 0 spiro atoms. The van der Waals surface area contributed by atoms with Crippen molar-refractivity contribution in [2.45, 2.75) is 19.0 Å². The minimum Gasteiger partial charge on any atom is -0.339 e. The molecule has 0 fully saturated rings. The molecule has 7 heteroatoms. The molecule has 0 bridgehead atoms. The second-order valence-corrected chi connectivity index (χ2v) is 4.52. The Morgan fingerprint density at radius 3 is 2.52 bits per heavy atom. The largest absolute Gasteiger partial charge is 0.435 e. The fourth-order valence-corrected chi connectivity index (χ4v) is 1.81. The van der Waals surface area contributed by atoms with Crippen LogP contribution in [0.25, 0.3) is 0 Å². The van der Waals surface area contributed by atoms with Gasteiger partial charge in [-0.25, -0.2) is 0 Å². The maximum absolute atomic E-state index is 12.4. The van der Waals surface area contributed by atoms with Gasteiger partial charge in [-0.05, 0) is 49.2 Å². The Labute approximate surface area is 120 Å². The number of halogens is 3. The molecule has 0 aliphatic carbocycles. The van der Waals surface area contributed by atoms with Crippen LogP contribution in [0.5, 0.6) is 0 Å². The van der Waals surface area contributed by atoms with Gasteiger partial charge in [0.25, 0.3) is 0 Å². The predicted octanol–water partition coefficient (Wildman–Crippen LogP) is 3.13. The number of aromatic nitrogens is 2. The van der Waals surface area contributed by atoms with Crippen LogP contribution in [0, 0.1) is 0 Å². The van der Waals surface area contributed by atoms with Crippen molar-refractivity contribution in [2.24, 2.45) is 5.73 Å².